The molecule has 11 unspecified atom stereocenters. The standard InChI is InChI=1S/C37H76O12/c1-13-14-15-39-17-28(3)41-19-30(5)43-21-32(7)45-23-34(9)47-25-36(11)49-26-37(12)48-24-35(10)46-22-33(8)44-20-31(6)42-18-29(4)40-16-27(2)38/h27-38H,13-26H2,1-12H3. The Morgan fingerprint density at radius 2 is 0.531 bits per heavy atom. The van der Waals surface area contributed by atoms with Crippen LogP contribution in [0.5, 0.6) is 0 Å². The Labute approximate surface area is 299 Å². The molecule has 11 atom stereocenters. The molecule has 296 valence electrons. The van der Waals surface area contributed by atoms with Crippen molar-refractivity contribution in [3.63, 3.8) is 0 Å². The summed E-state index contributed by atoms with van der Waals surface area (Å²) in [6, 6.07) is 0. The van der Waals surface area contributed by atoms with Crippen molar-refractivity contribution in [2.24, 2.45) is 0 Å². The Hall–Kier alpha value is -0.480. The molecule has 0 amide bonds. The van der Waals surface area contributed by atoms with E-state index in [0.717, 1.165) is 19.4 Å². The maximum Gasteiger partial charge on any atom is 0.0781 e. The summed E-state index contributed by atoms with van der Waals surface area (Å²) in [7, 11) is 0. The second-order valence-corrected chi connectivity index (χ2v) is 13.7. The summed E-state index contributed by atoms with van der Waals surface area (Å²) in [5, 5.41) is 9.31. The van der Waals surface area contributed by atoms with Gasteiger partial charge in [-0.1, -0.05) is 13.3 Å². The summed E-state index contributed by atoms with van der Waals surface area (Å²) in [6.45, 7) is 29.6. The number of ether oxygens (including phenoxy) is 11. The molecule has 0 aliphatic heterocycles. The lowest BCUT2D eigenvalue weighted by Gasteiger charge is -2.23. The lowest BCUT2D eigenvalue weighted by molar-refractivity contribution is -0.113. The molecule has 0 aromatic rings. The van der Waals surface area contributed by atoms with Crippen molar-refractivity contribution in [3.05, 3.63) is 0 Å². The molecule has 0 aliphatic rings. The van der Waals surface area contributed by atoms with Crippen molar-refractivity contribution < 1.29 is 57.2 Å². The van der Waals surface area contributed by atoms with Gasteiger partial charge in [-0.2, -0.15) is 0 Å². The fraction of sp³-hybridized carbons (Fsp3) is 1.00. The van der Waals surface area contributed by atoms with Gasteiger partial charge in [0.2, 0.25) is 0 Å². The summed E-state index contributed by atoms with van der Waals surface area (Å²) in [5.74, 6) is 0. The van der Waals surface area contributed by atoms with E-state index in [1.807, 2.05) is 69.2 Å². The molecule has 49 heavy (non-hydrogen) atoms. The van der Waals surface area contributed by atoms with Crippen molar-refractivity contribution in [1.29, 1.82) is 0 Å². The first-order valence-corrected chi connectivity index (χ1v) is 18.6. The second kappa shape index (κ2) is 31.1. The van der Waals surface area contributed by atoms with Gasteiger partial charge in [0.15, 0.2) is 0 Å². The van der Waals surface area contributed by atoms with Crippen LogP contribution in [-0.2, 0) is 52.1 Å². The molecule has 0 aromatic carbocycles. The van der Waals surface area contributed by atoms with E-state index in [4.69, 9.17) is 52.1 Å². The lowest BCUT2D eigenvalue weighted by atomic mass is 10.3. The Morgan fingerprint density at radius 1 is 0.327 bits per heavy atom. The minimum Gasteiger partial charge on any atom is -0.391 e. The highest BCUT2D eigenvalue weighted by atomic mass is 16.6. The topological polar surface area (TPSA) is 122 Å². The van der Waals surface area contributed by atoms with E-state index < -0.39 is 6.10 Å². The summed E-state index contributed by atoms with van der Waals surface area (Å²) in [6.07, 6.45) is 1.15. The Morgan fingerprint density at radius 3 is 0.735 bits per heavy atom. The quantitative estimate of drug-likeness (QED) is 0.0866. The Kier molecular flexibility index (Phi) is 30.8. The third kappa shape index (κ3) is 31.9. The first kappa shape index (κ1) is 48.5. The first-order chi connectivity index (χ1) is 23.2. The first-order valence-electron chi connectivity index (χ1n) is 18.6. The van der Waals surface area contributed by atoms with Crippen LogP contribution < -0.4 is 0 Å². The zero-order valence-electron chi connectivity index (χ0n) is 33.2. The van der Waals surface area contributed by atoms with Gasteiger partial charge in [-0.05, 0) is 82.6 Å². The summed E-state index contributed by atoms with van der Waals surface area (Å²) in [4.78, 5) is 0. The van der Waals surface area contributed by atoms with Gasteiger partial charge >= 0.3 is 0 Å². The molecule has 0 aromatic heterocycles. The number of hydrogen-bond donors (Lipinski definition) is 1. The predicted octanol–water partition coefficient (Wildman–Crippen LogP) is 5.23. The molecular weight excluding hydrogens is 636 g/mol. The van der Waals surface area contributed by atoms with Gasteiger partial charge in [-0.3, -0.25) is 0 Å². The summed E-state index contributed by atoms with van der Waals surface area (Å²) in [5.41, 5.74) is 0. The van der Waals surface area contributed by atoms with Crippen LogP contribution in [0.2, 0.25) is 0 Å². The molecular formula is C37H76O12. The SMILES string of the molecule is CCCCOCC(C)OCC(C)OCC(C)OCC(C)OCC(C)OCC(C)OCC(C)OCC(C)OCC(C)OCC(C)OCC(C)O. The fourth-order valence-electron chi connectivity index (χ4n) is 3.98. The van der Waals surface area contributed by atoms with E-state index in [-0.39, 0.29) is 61.0 Å². The molecule has 12 nitrogen and oxygen atoms in total. The largest absolute Gasteiger partial charge is 0.391 e. The Balaban J connectivity index is 3.91. The highest BCUT2D eigenvalue weighted by Crippen LogP contribution is 2.07. The average molecular weight is 713 g/mol. The van der Waals surface area contributed by atoms with Crippen LogP contribution >= 0.6 is 0 Å². The smallest absolute Gasteiger partial charge is 0.0781 e. The second-order valence-electron chi connectivity index (χ2n) is 13.7. The van der Waals surface area contributed by atoms with Crippen molar-refractivity contribution in [2.75, 3.05) is 79.3 Å². The molecule has 0 aliphatic carbocycles. The number of rotatable bonds is 35. The van der Waals surface area contributed by atoms with Gasteiger partial charge in [-0.15, -0.1) is 0 Å². The van der Waals surface area contributed by atoms with Crippen LogP contribution in [0, 0.1) is 0 Å². The molecule has 12 heteroatoms. The van der Waals surface area contributed by atoms with Crippen molar-refractivity contribution in [3.8, 4) is 0 Å². The summed E-state index contributed by atoms with van der Waals surface area (Å²) >= 11 is 0. The van der Waals surface area contributed by atoms with Crippen LogP contribution in [-0.4, -0.2) is 152 Å². The summed E-state index contributed by atoms with van der Waals surface area (Å²) < 4.78 is 64.1. The van der Waals surface area contributed by atoms with E-state index >= 15 is 0 Å². The van der Waals surface area contributed by atoms with Crippen molar-refractivity contribution in [1.82, 2.24) is 0 Å². The van der Waals surface area contributed by atoms with E-state index in [1.165, 1.54) is 0 Å². The molecule has 0 bridgehead atoms. The highest BCUT2D eigenvalue weighted by molar-refractivity contribution is 4.61. The lowest BCUT2D eigenvalue weighted by Crippen LogP contribution is -2.31. The number of aliphatic hydroxyl groups excluding tert-OH is 1. The molecule has 0 radical (unpaired) electrons. The van der Waals surface area contributed by atoms with Gasteiger partial charge in [0.1, 0.15) is 0 Å². The zero-order valence-corrected chi connectivity index (χ0v) is 33.2. The van der Waals surface area contributed by atoms with E-state index in [2.05, 4.69) is 6.92 Å². The number of aliphatic hydroxyl groups is 1. The van der Waals surface area contributed by atoms with Crippen molar-refractivity contribution >= 4 is 0 Å². The molecule has 0 spiro atoms. The van der Waals surface area contributed by atoms with Crippen LogP contribution in [0.15, 0.2) is 0 Å². The molecule has 0 heterocycles. The maximum atomic E-state index is 9.31. The molecule has 0 saturated heterocycles. The normalized spacial score (nSPS) is 19.0. The number of hydrogen-bond acceptors (Lipinski definition) is 12. The minimum absolute atomic E-state index is 0.0224. The van der Waals surface area contributed by atoms with Gasteiger partial charge in [-0.25, -0.2) is 0 Å². The van der Waals surface area contributed by atoms with E-state index in [1.54, 1.807) is 6.92 Å². The molecule has 1 N–H and O–H groups in total. The predicted molar refractivity (Wildman–Crippen MR) is 192 cm³/mol. The third-order valence-electron chi connectivity index (χ3n) is 7.16. The van der Waals surface area contributed by atoms with Crippen LogP contribution in [0.4, 0.5) is 0 Å². The van der Waals surface area contributed by atoms with Crippen LogP contribution in [0.3, 0.4) is 0 Å². The Bertz CT molecular complexity index is 717. The van der Waals surface area contributed by atoms with Gasteiger partial charge < -0.3 is 57.2 Å². The molecule has 0 saturated carbocycles. The molecule has 0 fully saturated rings. The maximum absolute atomic E-state index is 9.31. The fourth-order valence-corrected chi connectivity index (χ4v) is 3.98. The number of unbranched alkanes of at least 4 members (excludes halogenated alkanes) is 1. The zero-order chi connectivity index (χ0) is 37.0. The third-order valence-corrected chi connectivity index (χ3v) is 7.16. The van der Waals surface area contributed by atoms with Gasteiger partial charge in [0.05, 0.1) is 140 Å². The van der Waals surface area contributed by atoms with Gasteiger partial charge in [0.25, 0.3) is 0 Å². The van der Waals surface area contributed by atoms with Crippen molar-refractivity contribution in [2.45, 2.75) is 163 Å². The van der Waals surface area contributed by atoms with Crippen LogP contribution in [0.25, 0.3) is 0 Å². The van der Waals surface area contributed by atoms with E-state index in [0.29, 0.717) is 72.7 Å². The average Bonchev–Trinajstić information content (AvgIpc) is 3.07. The monoisotopic (exact) mass is 713 g/mol. The highest BCUT2D eigenvalue weighted by Gasteiger charge is 2.16. The van der Waals surface area contributed by atoms with Crippen LogP contribution in [0.1, 0.15) is 95.9 Å². The van der Waals surface area contributed by atoms with E-state index in [9.17, 15) is 5.11 Å². The van der Waals surface area contributed by atoms with Gasteiger partial charge in [0, 0.05) is 6.61 Å². The minimum atomic E-state index is -0.485. The molecule has 0 rings (SSSR count).